The Bertz CT molecular complexity index is 1170. The van der Waals surface area contributed by atoms with Gasteiger partial charge in [0, 0.05) is 32.0 Å². The lowest BCUT2D eigenvalue weighted by Crippen LogP contribution is -2.27. The number of carbonyl (C=O) groups excluding carboxylic acids is 2. The molecular formula is C23H26N4O4S. The molecule has 9 heteroatoms. The van der Waals surface area contributed by atoms with Crippen molar-refractivity contribution in [2.75, 3.05) is 31.4 Å². The Labute approximate surface area is 190 Å². The van der Waals surface area contributed by atoms with Crippen molar-refractivity contribution in [3.63, 3.8) is 0 Å². The van der Waals surface area contributed by atoms with Crippen LogP contribution in [-0.4, -0.2) is 47.9 Å². The van der Waals surface area contributed by atoms with Crippen LogP contribution in [-0.2, 0) is 20.9 Å². The molecule has 1 amide bonds. The van der Waals surface area contributed by atoms with E-state index in [0.717, 1.165) is 5.69 Å². The third-order valence-corrected chi connectivity index (χ3v) is 5.99. The molecule has 2 aromatic carbocycles. The van der Waals surface area contributed by atoms with Gasteiger partial charge in [0.25, 0.3) is 5.56 Å². The largest absolute Gasteiger partial charge is 0.469 e. The Kier molecular flexibility index (Phi) is 7.53. The molecule has 8 nitrogen and oxygen atoms in total. The normalized spacial score (nSPS) is 11.8. The number of carbonyl (C=O) groups is 2. The van der Waals surface area contributed by atoms with Crippen molar-refractivity contribution in [2.24, 2.45) is 0 Å². The zero-order valence-corrected chi connectivity index (χ0v) is 19.3. The molecule has 0 aliphatic carbocycles. The molecule has 3 aromatic rings. The molecule has 1 heterocycles. The Hall–Kier alpha value is -3.33. The number of hydrogen-bond donors (Lipinski definition) is 1. The smallest absolute Gasteiger partial charge is 0.307 e. The highest BCUT2D eigenvalue weighted by molar-refractivity contribution is 8.00. The van der Waals surface area contributed by atoms with Gasteiger partial charge < -0.3 is 15.0 Å². The summed E-state index contributed by atoms with van der Waals surface area (Å²) in [6, 6.07) is 14.5. The topological polar surface area (TPSA) is 93.5 Å². The van der Waals surface area contributed by atoms with Gasteiger partial charge in [-0.2, -0.15) is 0 Å². The van der Waals surface area contributed by atoms with Crippen molar-refractivity contribution in [3.8, 4) is 0 Å². The van der Waals surface area contributed by atoms with E-state index < -0.39 is 11.2 Å². The van der Waals surface area contributed by atoms with Crippen LogP contribution >= 0.6 is 11.8 Å². The Balaban J connectivity index is 1.83. The number of nitrogens with zero attached hydrogens (tertiary/aromatic N) is 3. The van der Waals surface area contributed by atoms with Crippen LogP contribution in [0.3, 0.4) is 0 Å². The van der Waals surface area contributed by atoms with Gasteiger partial charge in [-0.3, -0.25) is 19.0 Å². The Morgan fingerprint density at radius 1 is 1.16 bits per heavy atom. The molecule has 0 spiro atoms. The van der Waals surface area contributed by atoms with Crippen LogP contribution in [0.4, 0.5) is 11.4 Å². The molecule has 1 atom stereocenters. The summed E-state index contributed by atoms with van der Waals surface area (Å²) >= 11 is 1.17. The number of hydrogen-bond acceptors (Lipinski definition) is 7. The first-order chi connectivity index (χ1) is 15.3. The predicted octanol–water partition coefficient (Wildman–Crippen LogP) is 3.14. The maximum Gasteiger partial charge on any atom is 0.307 e. The summed E-state index contributed by atoms with van der Waals surface area (Å²) in [5, 5.41) is 3.20. The molecule has 32 heavy (non-hydrogen) atoms. The third-order valence-electron chi connectivity index (χ3n) is 4.90. The Morgan fingerprint density at radius 3 is 2.50 bits per heavy atom. The number of ether oxygens (including phenoxy) is 1. The van der Waals surface area contributed by atoms with Crippen molar-refractivity contribution in [2.45, 2.75) is 30.3 Å². The van der Waals surface area contributed by atoms with Crippen LogP contribution in [0.1, 0.15) is 13.3 Å². The van der Waals surface area contributed by atoms with Crippen LogP contribution < -0.4 is 15.8 Å². The number of anilines is 2. The minimum absolute atomic E-state index is 0.0305. The predicted molar refractivity (Wildman–Crippen MR) is 127 cm³/mol. The number of fused-ring (bicyclic) bond motifs is 1. The number of amides is 1. The van der Waals surface area contributed by atoms with E-state index in [4.69, 9.17) is 4.74 Å². The summed E-state index contributed by atoms with van der Waals surface area (Å²) in [4.78, 5) is 44.0. The molecule has 1 aromatic heterocycles. The molecule has 0 unspecified atom stereocenters. The quantitative estimate of drug-likeness (QED) is 0.317. The zero-order valence-electron chi connectivity index (χ0n) is 18.5. The highest BCUT2D eigenvalue weighted by atomic mass is 32.2. The summed E-state index contributed by atoms with van der Waals surface area (Å²) < 4.78 is 6.13. The second-order valence-electron chi connectivity index (χ2n) is 7.39. The molecule has 0 saturated heterocycles. The van der Waals surface area contributed by atoms with E-state index in [1.807, 2.05) is 43.3 Å². The summed E-state index contributed by atoms with van der Waals surface area (Å²) in [6.07, 6.45) is 0.0305. The van der Waals surface area contributed by atoms with Crippen molar-refractivity contribution in [1.29, 1.82) is 0 Å². The van der Waals surface area contributed by atoms with E-state index in [0.29, 0.717) is 21.7 Å². The van der Waals surface area contributed by atoms with Crippen LogP contribution in [0.2, 0.25) is 0 Å². The summed E-state index contributed by atoms with van der Waals surface area (Å²) in [7, 11) is 5.20. The van der Waals surface area contributed by atoms with Crippen LogP contribution in [0.15, 0.2) is 58.5 Å². The number of thioether (sulfide) groups is 1. The van der Waals surface area contributed by atoms with Crippen molar-refractivity contribution in [3.05, 3.63) is 58.9 Å². The fourth-order valence-electron chi connectivity index (χ4n) is 3.04. The molecule has 0 aliphatic heterocycles. The summed E-state index contributed by atoms with van der Waals surface area (Å²) in [5.74, 6) is -0.637. The van der Waals surface area contributed by atoms with Crippen molar-refractivity contribution >= 4 is 45.9 Å². The molecule has 0 bridgehead atoms. The van der Waals surface area contributed by atoms with Gasteiger partial charge in [0.05, 0.1) is 29.7 Å². The van der Waals surface area contributed by atoms with Gasteiger partial charge in [-0.15, -0.1) is 0 Å². The molecule has 1 N–H and O–H groups in total. The van der Waals surface area contributed by atoms with Gasteiger partial charge in [-0.25, -0.2) is 4.98 Å². The third kappa shape index (κ3) is 5.47. The van der Waals surface area contributed by atoms with Gasteiger partial charge in [0.1, 0.15) is 0 Å². The number of benzene rings is 2. The van der Waals surface area contributed by atoms with Gasteiger partial charge >= 0.3 is 5.97 Å². The number of esters is 1. The van der Waals surface area contributed by atoms with E-state index in [2.05, 4.69) is 10.3 Å². The lowest BCUT2D eigenvalue weighted by atomic mass is 10.2. The van der Waals surface area contributed by atoms with E-state index in [1.54, 1.807) is 31.2 Å². The molecule has 0 aliphatic rings. The summed E-state index contributed by atoms with van der Waals surface area (Å²) in [5.41, 5.74) is 2.00. The second kappa shape index (κ2) is 10.3. The molecule has 0 radical (unpaired) electrons. The first kappa shape index (κ1) is 23.3. The number of para-hydroxylation sites is 1. The number of methoxy groups -OCH3 is 1. The fraction of sp³-hybridized carbons (Fsp3) is 0.304. The standard InChI is InChI=1S/C23H26N4O4S/c1-15(21(29)24-16-9-11-17(12-10-16)26(2)3)32-23-25-19-8-6-5-7-18(19)22(30)27(23)14-13-20(28)31-4/h5-12,15H,13-14H2,1-4H3,(H,24,29)/t15-/m0/s1. The number of aromatic nitrogens is 2. The average Bonchev–Trinajstić information content (AvgIpc) is 2.78. The van der Waals surface area contributed by atoms with Gasteiger partial charge in [-0.1, -0.05) is 23.9 Å². The molecule has 0 saturated carbocycles. The van der Waals surface area contributed by atoms with Crippen LogP contribution in [0, 0.1) is 0 Å². The van der Waals surface area contributed by atoms with E-state index in [1.165, 1.54) is 23.4 Å². The zero-order chi connectivity index (χ0) is 23.3. The minimum Gasteiger partial charge on any atom is -0.469 e. The molecule has 0 fully saturated rings. The lowest BCUT2D eigenvalue weighted by Gasteiger charge is -2.17. The van der Waals surface area contributed by atoms with Gasteiger partial charge in [0.2, 0.25) is 5.91 Å². The van der Waals surface area contributed by atoms with E-state index >= 15 is 0 Å². The molecule has 3 rings (SSSR count). The molecule has 168 valence electrons. The van der Waals surface area contributed by atoms with Crippen LogP contribution in [0.5, 0.6) is 0 Å². The number of nitrogens with one attached hydrogen (secondary N) is 1. The number of rotatable bonds is 8. The lowest BCUT2D eigenvalue weighted by molar-refractivity contribution is -0.140. The summed E-state index contributed by atoms with van der Waals surface area (Å²) in [6.45, 7) is 1.87. The maximum absolute atomic E-state index is 13.0. The van der Waals surface area contributed by atoms with E-state index in [-0.39, 0.29) is 24.4 Å². The van der Waals surface area contributed by atoms with Crippen molar-refractivity contribution < 1.29 is 14.3 Å². The first-order valence-corrected chi connectivity index (χ1v) is 11.0. The maximum atomic E-state index is 13.0. The SMILES string of the molecule is COC(=O)CCn1c(S[C@@H](C)C(=O)Nc2ccc(N(C)C)cc2)nc2ccccc2c1=O. The second-order valence-corrected chi connectivity index (χ2v) is 8.69. The fourth-order valence-corrected chi connectivity index (χ4v) is 3.97. The van der Waals surface area contributed by atoms with Crippen molar-refractivity contribution in [1.82, 2.24) is 9.55 Å². The Morgan fingerprint density at radius 2 is 1.84 bits per heavy atom. The van der Waals surface area contributed by atoms with Crippen LogP contribution in [0.25, 0.3) is 10.9 Å². The first-order valence-electron chi connectivity index (χ1n) is 10.1. The monoisotopic (exact) mass is 454 g/mol. The van der Waals surface area contributed by atoms with Gasteiger partial charge in [0.15, 0.2) is 5.16 Å². The van der Waals surface area contributed by atoms with E-state index in [9.17, 15) is 14.4 Å². The highest BCUT2D eigenvalue weighted by Gasteiger charge is 2.20. The molecular weight excluding hydrogens is 428 g/mol. The average molecular weight is 455 g/mol. The minimum atomic E-state index is -0.527. The van der Waals surface area contributed by atoms with Gasteiger partial charge in [-0.05, 0) is 43.3 Å². The highest BCUT2D eigenvalue weighted by Crippen LogP contribution is 2.24.